The maximum absolute atomic E-state index is 9.65. The fourth-order valence-electron chi connectivity index (χ4n) is 1.84. The summed E-state index contributed by atoms with van der Waals surface area (Å²) >= 11 is 0. The third kappa shape index (κ3) is 1.50. The predicted octanol–water partition coefficient (Wildman–Crippen LogP) is 2.41. The van der Waals surface area contributed by atoms with Crippen molar-refractivity contribution < 1.29 is 10.2 Å². The Morgan fingerprint density at radius 3 is 2.53 bits per heavy atom. The summed E-state index contributed by atoms with van der Waals surface area (Å²) in [5.74, 6) is 0.378. The van der Waals surface area contributed by atoms with E-state index < -0.39 is 0 Å². The van der Waals surface area contributed by atoms with E-state index in [9.17, 15) is 10.2 Å². The van der Waals surface area contributed by atoms with E-state index in [4.69, 9.17) is 0 Å². The summed E-state index contributed by atoms with van der Waals surface area (Å²) in [4.78, 5) is 4.17. The maximum Gasteiger partial charge on any atom is 0.179 e. The minimum atomic E-state index is 0.150. The summed E-state index contributed by atoms with van der Waals surface area (Å²) in [6.07, 6.45) is 3.53. The smallest absolute Gasteiger partial charge is 0.179 e. The molecule has 3 rings (SSSR count). The molecule has 0 radical (unpaired) electrons. The lowest BCUT2D eigenvalue weighted by Gasteiger charge is -2.02. The summed E-state index contributed by atoms with van der Waals surface area (Å²) in [5.41, 5.74) is 2.33. The number of imidazole rings is 1. The standard InChI is InChI=1S/C13H10N2O2/c16-10-5-3-9(4-6-10)11-8-14-13-12(17)2-1-7-15(11)13/h1-8,16-17H. The van der Waals surface area contributed by atoms with Gasteiger partial charge in [0, 0.05) is 11.8 Å². The van der Waals surface area contributed by atoms with Gasteiger partial charge in [-0.25, -0.2) is 4.98 Å². The van der Waals surface area contributed by atoms with E-state index in [0.29, 0.717) is 5.65 Å². The first-order chi connectivity index (χ1) is 8.25. The summed E-state index contributed by atoms with van der Waals surface area (Å²) in [6.45, 7) is 0. The largest absolute Gasteiger partial charge is 0.508 e. The van der Waals surface area contributed by atoms with Gasteiger partial charge in [0.25, 0.3) is 0 Å². The minimum absolute atomic E-state index is 0.150. The molecular weight excluding hydrogens is 216 g/mol. The van der Waals surface area contributed by atoms with Gasteiger partial charge in [0.05, 0.1) is 11.9 Å². The SMILES string of the molecule is Oc1ccc(-c2cnc3c(O)cccn23)cc1. The van der Waals surface area contributed by atoms with Gasteiger partial charge in [0.15, 0.2) is 11.4 Å². The minimum Gasteiger partial charge on any atom is -0.508 e. The fraction of sp³-hybridized carbons (Fsp3) is 0. The Morgan fingerprint density at radius 2 is 1.76 bits per heavy atom. The molecule has 0 bridgehead atoms. The van der Waals surface area contributed by atoms with Crippen LogP contribution in [0.4, 0.5) is 0 Å². The van der Waals surface area contributed by atoms with Crippen molar-refractivity contribution in [3.63, 3.8) is 0 Å². The molecule has 2 heterocycles. The maximum atomic E-state index is 9.65. The first-order valence-electron chi connectivity index (χ1n) is 5.20. The number of rotatable bonds is 1. The van der Waals surface area contributed by atoms with Gasteiger partial charge in [-0.05, 0) is 36.4 Å². The number of fused-ring (bicyclic) bond motifs is 1. The van der Waals surface area contributed by atoms with Crippen molar-refractivity contribution in [3.05, 3.63) is 48.8 Å². The van der Waals surface area contributed by atoms with Gasteiger partial charge in [0.2, 0.25) is 0 Å². The van der Waals surface area contributed by atoms with Gasteiger partial charge >= 0.3 is 0 Å². The Balaban J connectivity index is 2.24. The molecule has 0 fully saturated rings. The zero-order chi connectivity index (χ0) is 11.8. The van der Waals surface area contributed by atoms with Crippen LogP contribution in [0.1, 0.15) is 0 Å². The summed E-state index contributed by atoms with van der Waals surface area (Å²) in [6, 6.07) is 10.2. The van der Waals surface area contributed by atoms with Gasteiger partial charge in [0.1, 0.15) is 5.75 Å². The Morgan fingerprint density at radius 1 is 1.00 bits per heavy atom. The molecule has 0 aliphatic heterocycles. The highest BCUT2D eigenvalue weighted by atomic mass is 16.3. The van der Waals surface area contributed by atoms with Crippen LogP contribution in [0.15, 0.2) is 48.8 Å². The molecule has 2 N–H and O–H groups in total. The zero-order valence-electron chi connectivity index (χ0n) is 8.91. The highest BCUT2D eigenvalue weighted by Crippen LogP contribution is 2.25. The molecule has 2 aromatic heterocycles. The van der Waals surface area contributed by atoms with Crippen LogP contribution >= 0.6 is 0 Å². The van der Waals surface area contributed by atoms with Crippen LogP contribution in [0.25, 0.3) is 16.9 Å². The van der Waals surface area contributed by atoms with Crippen LogP contribution in [0.3, 0.4) is 0 Å². The van der Waals surface area contributed by atoms with Gasteiger partial charge in [-0.1, -0.05) is 0 Å². The van der Waals surface area contributed by atoms with E-state index >= 15 is 0 Å². The molecule has 0 saturated heterocycles. The molecule has 3 aromatic rings. The van der Waals surface area contributed by atoms with E-state index in [1.165, 1.54) is 0 Å². The van der Waals surface area contributed by atoms with Gasteiger partial charge in [-0.2, -0.15) is 0 Å². The lowest BCUT2D eigenvalue weighted by Crippen LogP contribution is -1.87. The molecule has 84 valence electrons. The molecule has 0 aliphatic carbocycles. The molecule has 0 aliphatic rings. The first kappa shape index (κ1) is 9.72. The Labute approximate surface area is 97.4 Å². The second-order valence-corrected chi connectivity index (χ2v) is 3.78. The second kappa shape index (κ2) is 3.52. The molecule has 0 spiro atoms. The van der Waals surface area contributed by atoms with E-state index in [-0.39, 0.29) is 11.5 Å². The van der Waals surface area contributed by atoms with E-state index in [1.54, 1.807) is 30.5 Å². The van der Waals surface area contributed by atoms with E-state index in [0.717, 1.165) is 11.3 Å². The second-order valence-electron chi connectivity index (χ2n) is 3.78. The van der Waals surface area contributed by atoms with Crippen LogP contribution in [0.5, 0.6) is 11.5 Å². The number of aromatic hydroxyl groups is 2. The Kier molecular flexibility index (Phi) is 2.01. The molecule has 0 unspecified atom stereocenters. The first-order valence-corrected chi connectivity index (χ1v) is 5.20. The molecular formula is C13H10N2O2. The molecule has 0 atom stereocenters. The molecule has 1 aromatic carbocycles. The highest BCUT2D eigenvalue weighted by Gasteiger charge is 2.07. The van der Waals surface area contributed by atoms with Crippen LogP contribution in [-0.2, 0) is 0 Å². The molecule has 4 heteroatoms. The number of phenolic OH excluding ortho intramolecular Hbond substituents is 1. The van der Waals surface area contributed by atoms with Crippen LogP contribution in [0.2, 0.25) is 0 Å². The molecule has 4 nitrogen and oxygen atoms in total. The highest BCUT2D eigenvalue weighted by molar-refractivity contribution is 5.67. The monoisotopic (exact) mass is 226 g/mol. The number of hydrogen-bond acceptors (Lipinski definition) is 3. The van der Waals surface area contributed by atoms with Crippen molar-refractivity contribution in [1.82, 2.24) is 9.38 Å². The van der Waals surface area contributed by atoms with E-state index in [2.05, 4.69) is 4.98 Å². The normalized spacial score (nSPS) is 10.8. The van der Waals surface area contributed by atoms with Crippen molar-refractivity contribution in [2.75, 3.05) is 0 Å². The third-order valence-corrected chi connectivity index (χ3v) is 2.68. The zero-order valence-corrected chi connectivity index (χ0v) is 8.91. The predicted molar refractivity (Wildman–Crippen MR) is 64.0 cm³/mol. The van der Waals surface area contributed by atoms with Gasteiger partial charge < -0.3 is 10.2 Å². The molecule has 0 amide bonds. The van der Waals surface area contributed by atoms with Crippen LogP contribution < -0.4 is 0 Å². The number of pyridine rings is 1. The van der Waals surface area contributed by atoms with Gasteiger partial charge in [-0.3, -0.25) is 4.40 Å². The Hall–Kier alpha value is -2.49. The van der Waals surface area contributed by atoms with Crippen molar-refractivity contribution >= 4 is 5.65 Å². The van der Waals surface area contributed by atoms with Crippen LogP contribution in [-0.4, -0.2) is 19.6 Å². The van der Waals surface area contributed by atoms with Crippen molar-refractivity contribution in [2.45, 2.75) is 0 Å². The van der Waals surface area contributed by atoms with Crippen molar-refractivity contribution in [2.24, 2.45) is 0 Å². The quantitative estimate of drug-likeness (QED) is 0.670. The van der Waals surface area contributed by atoms with E-state index in [1.807, 2.05) is 22.7 Å². The number of nitrogens with zero attached hydrogens (tertiary/aromatic N) is 2. The summed E-state index contributed by atoms with van der Waals surface area (Å²) < 4.78 is 1.81. The number of phenols is 1. The Bertz CT molecular complexity index is 671. The number of hydrogen-bond donors (Lipinski definition) is 2. The lowest BCUT2D eigenvalue weighted by atomic mass is 10.1. The third-order valence-electron chi connectivity index (χ3n) is 2.68. The summed E-state index contributed by atoms with van der Waals surface area (Å²) in [7, 11) is 0. The average molecular weight is 226 g/mol. The molecule has 17 heavy (non-hydrogen) atoms. The van der Waals surface area contributed by atoms with Crippen LogP contribution in [0, 0.1) is 0 Å². The summed E-state index contributed by atoms with van der Waals surface area (Å²) in [5, 5.41) is 18.9. The lowest BCUT2D eigenvalue weighted by molar-refractivity contribution is 0.475. The topological polar surface area (TPSA) is 57.8 Å². The molecule has 0 saturated carbocycles. The number of benzene rings is 1. The number of aromatic nitrogens is 2. The van der Waals surface area contributed by atoms with Crippen molar-refractivity contribution in [3.8, 4) is 22.8 Å². The average Bonchev–Trinajstić information content (AvgIpc) is 2.75. The van der Waals surface area contributed by atoms with Crippen molar-refractivity contribution in [1.29, 1.82) is 0 Å². The van der Waals surface area contributed by atoms with Gasteiger partial charge in [-0.15, -0.1) is 0 Å². The fourth-order valence-corrected chi connectivity index (χ4v) is 1.84.